The van der Waals surface area contributed by atoms with Gasteiger partial charge in [0, 0.05) is 6.07 Å². The number of carbonyl (C=O) groups excluding carboxylic acids is 1. The van der Waals surface area contributed by atoms with Gasteiger partial charge in [-0.3, -0.25) is 4.79 Å². The highest BCUT2D eigenvalue weighted by Crippen LogP contribution is 2.22. The molecule has 0 unspecified atom stereocenters. The van der Waals surface area contributed by atoms with Crippen LogP contribution < -0.4 is 5.32 Å². The van der Waals surface area contributed by atoms with Crippen LogP contribution in [0.5, 0.6) is 11.5 Å². The molecule has 0 aliphatic rings. The van der Waals surface area contributed by atoms with Crippen LogP contribution >= 0.6 is 0 Å². The molecule has 0 saturated carbocycles. The van der Waals surface area contributed by atoms with Gasteiger partial charge in [-0.1, -0.05) is 13.8 Å². The fraction of sp³-hybridized carbons (Fsp3) is 0.385. The number of carbonyl (C=O) groups is 2. The Bertz CT molecular complexity index is 484. The number of phenolic OH excluding ortho intramolecular Hbond substituents is 2. The second kappa shape index (κ2) is 6.08. The van der Waals surface area contributed by atoms with Crippen molar-refractivity contribution in [3.8, 4) is 11.5 Å². The first-order valence-corrected chi connectivity index (χ1v) is 5.87. The predicted octanol–water partition coefficient (Wildman–Crippen LogP) is 1.33. The topological polar surface area (TPSA) is 107 Å². The summed E-state index contributed by atoms with van der Waals surface area (Å²) < 4.78 is 0. The van der Waals surface area contributed by atoms with E-state index in [9.17, 15) is 14.7 Å². The molecule has 0 aromatic heterocycles. The van der Waals surface area contributed by atoms with Gasteiger partial charge in [-0.25, -0.2) is 4.79 Å². The van der Waals surface area contributed by atoms with Crippen molar-refractivity contribution in [2.45, 2.75) is 26.3 Å². The van der Waals surface area contributed by atoms with Crippen molar-refractivity contribution in [2.24, 2.45) is 5.92 Å². The molecule has 0 radical (unpaired) electrons. The molecule has 1 atom stereocenters. The van der Waals surface area contributed by atoms with E-state index in [4.69, 9.17) is 10.2 Å². The molecule has 0 heterocycles. The van der Waals surface area contributed by atoms with Crippen molar-refractivity contribution >= 4 is 11.9 Å². The molecule has 0 bridgehead atoms. The van der Waals surface area contributed by atoms with Crippen LogP contribution in [0.1, 0.15) is 30.6 Å². The van der Waals surface area contributed by atoms with Crippen LogP contribution in [0.3, 0.4) is 0 Å². The standard InChI is InChI=1S/C13H17NO5/c1-7(2)5-10(13(18)19)14-12(17)9-4-3-8(15)6-11(9)16/h3-4,6-7,10,15-16H,5H2,1-2H3,(H,14,17)(H,18,19)/t10-/m0/s1. The summed E-state index contributed by atoms with van der Waals surface area (Å²) in [4.78, 5) is 22.9. The first-order valence-electron chi connectivity index (χ1n) is 5.87. The summed E-state index contributed by atoms with van der Waals surface area (Å²) in [7, 11) is 0. The average molecular weight is 267 g/mol. The number of benzene rings is 1. The molecule has 0 saturated heterocycles. The van der Waals surface area contributed by atoms with E-state index in [1.165, 1.54) is 12.1 Å². The second-order valence-electron chi connectivity index (χ2n) is 4.70. The van der Waals surface area contributed by atoms with Crippen LogP contribution in [0.2, 0.25) is 0 Å². The number of aromatic hydroxyl groups is 2. The lowest BCUT2D eigenvalue weighted by Gasteiger charge is -2.16. The number of aliphatic carboxylic acids is 1. The maximum absolute atomic E-state index is 11.9. The lowest BCUT2D eigenvalue weighted by molar-refractivity contribution is -0.139. The fourth-order valence-electron chi connectivity index (χ4n) is 1.64. The normalized spacial score (nSPS) is 12.2. The zero-order valence-corrected chi connectivity index (χ0v) is 10.8. The van der Waals surface area contributed by atoms with E-state index in [2.05, 4.69) is 5.32 Å². The minimum atomic E-state index is -1.12. The molecular weight excluding hydrogens is 250 g/mol. The van der Waals surface area contributed by atoms with Gasteiger partial charge in [0.25, 0.3) is 5.91 Å². The molecule has 0 fully saturated rings. The average Bonchev–Trinajstić information content (AvgIpc) is 2.26. The minimum Gasteiger partial charge on any atom is -0.508 e. The molecule has 0 aliphatic heterocycles. The molecule has 6 heteroatoms. The third-order valence-electron chi connectivity index (χ3n) is 2.54. The molecule has 1 aromatic rings. The van der Waals surface area contributed by atoms with Crippen LogP contribution in [-0.4, -0.2) is 33.2 Å². The summed E-state index contributed by atoms with van der Waals surface area (Å²) >= 11 is 0. The van der Waals surface area contributed by atoms with Crippen molar-refractivity contribution in [3.63, 3.8) is 0 Å². The van der Waals surface area contributed by atoms with E-state index in [1.54, 1.807) is 0 Å². The summed E-state index contributed by atoms with van der Waals surface area (Å²) in [5, 5.41) is 30.0. The molecule has 104 valence electrons. The zero-order valence-electron chi connectivity index (χ0n) is 10.8. The van der Waals surface area contributed by atoms with E-state index < -0.39 is 23.7 Å². The largest absolute Gasteiger partial charge is 0.508 e. The molecule has 6 nitrogen and oxygen atoms in total. The first kappa shape index (κ1) is 14.8. The number of carboxylic acid groups (broad SMARTS) is 1. The summed E-state index contributed by atoms with van der Waals surface area (Å²) in [5.74, 6) is -2.28. The maximum atomic E-state index is 11.9. The SMILES string of the molecule is CC(C)C[C@H](NC(=O)c1ccc(O)cc1O)C(=O)O. The van der Waals surface area contributed by atoms with E-state index in [1.807, 2.05) is 13.8 Å². The molecule has 0 spiro atoms. The van der Waals surface area contributed by atoms with Crippen LogP contribution in [0, 0.1) is 5.92 Å². The summed E-state index contributed by atoms with van der Waals surface area (Å²) in [6, 6.07) is 2.48. The first-order chi connectivity index (χ1) is 8.81. The van der Waals surface area contributed by atoms with E-state index in [-0.39, 0.29) is 17.2 Å². The maximum Gasteiger partial charge on any atom is 0.326 e. The summed E-state index contributed by atoms with van der Waals surface area (Å²) in [6.07, 6.45) is 0.292. The second-order valence-corrected chi connectivity index (χ2v) is 4.70. The minimum absolute atomic E-state index is 0.0761. The zero-order chi connectivity index (χ0) is 14.6. The molecule has 1 aromatic carbocycles. The Morgan fingerprint density at radius 1 is 1.26 bits per heavy atom. The Balaban J connectivity index is 2.84. The number of rotatable bonds is 5. The van der Waals surface area contributed by atoms with E-state index in [0.29, 0.717) is 6.42 Å². The van der Waals surface area contributed by atoms with Gasteiger partial charge in [0.15, 0.2) is 0 Å². The smallest absolute Gasteiger partial charge is 0.326 e. The summed E-state index contributed by atoms with van der Waals surface area (Å²) in [6.45, 7) is 3.69. The van der Waals surface area contributed by atoms with Crippen molar-refractivity contribution in [2.75, 3.05) is 0 Å². The van der Waals surface area contributed by atoms with Gasteiger partial charge in [-0.05, 0) is 24.5 Å². The lowest BCUT2D eigenvalue weighted by Crippen LogP contribution is -2.41. The Labute approximate surface area is 110 Å². The third-order valence-corrected chi connectivity index (χ3v) is 2.54. The van der Waals surface area contributed by atoms with Gasteiger partial charge in [-0.15, -0.1) is 0 Å². The molecule has 4 N–H and O–H groups in total. The highest BCUT2D eigenvalue weighted by Gasteiger charge is 2.23. The van der Waals surface area contributed by atoms with Crippen molar-refractivity contribution in [1.29, 1.82) is 0 Å². The lowest BCUT2D eigenvalue weighted by atomic mass is 10.0. The van der Waals surface area contributed by atoms with Gasteiger partial charge in [0.05, 0.1) is 5.56 Å². The molecular formula is C13H17NO5. The van der Waals surface area contributed by atoms with Gasteiger partial charge in [0.1, 0.15) is 17.5 Å². The van der Waals surface area contributed by atoms with Gasteiger partial charge >= 0.3 is 5.97 Å². The summed E-state index contributed by atoms with van der Waals surface area (Å²) in [5.41, 5.74) is -0.0761. The van der Waals surface area contributed by atoms with Crippen molar-refractivity contribution in [3.05, 3.63) is 23.8 Å². The fourth-order valence-corrected chi connectivity index (χ4v) is 1.64. The van der Waals surface area contributed by atoms with Gasteiger partial charge in [0.2, 0.25) is 0 Å². The Kier molecular flexibility index (Phi) is 4.74. The number of hydrogen-bond acceptors (Lipinski definition) is 4. The monoisotopic (exact) mass is 267 g/mol. The number of amides is 1. The van der Waals surface area contributed by atoms with Crippen molar-refractivity contribution < 1.29 is 24.9 Å². The van der Waals surface area contributed by atoms with Crippen LogP contribution in [0.25, 0.3) is 0 Å². The number of nitrogens with one attached hydrogen (secondary N) is 1. The molecule has 0 aliphatic carbocycles. The molecule has 1 amide bonds. The Hall–Kier alpha value is -2.24. The molecule has 19 heavy (non-hydrogen) atoms. The predicted molar refractivity (Wildman–Crippen MR) is 68.1 cm³/mol. The molecule has 1 rings (SSSR count). The number of carboxylic acids is 1. The Morgan fingerprint density at radius 2 is 1.89 bits per heavy atom. The van der Waals surface area contributed by atoms with E-state index >= 15 is 0 Å². The highest BCUT2D eigenvalue weighted by molar-refractivity contribution is 5.98. The van der Waals surface area contributed by atoms with Crippen molar-refractivity contribution in [1.82, 2.24) is 5.32 Å². The van der Waals surface area contributed by atoms with E-state index in [0.717, 1.165) is 6.07 Å². The number of phenols is 2. The van der Waals surface area contributed by atoms with Crippen LogP contribution in [-0.2, 0) is 4.79 Å². The third kappa shape index (κ3) is 4.17. The van der Waals surface area contributed by atoms with Crippen LogP contribution in [0.4, 0.5) is 0 Å². The number of hydrogen-bond donors (Lipinski definition) is 4. The quantitative estimate of drug-likeness (QED) is 0.643. The highest BCUT2D eigenvalue weighted by atomic mass is 16.4. The van der Waals surface area contributed by atoms with Crippen LogP contribution in [0.15, 0.2) is 18.2 Å². The van der Waals surface area contributed by atoms with Gasteiger partial charge in [-0.2, -0.15) is 0 Å². The Morgan fingerprint density at radius 3 is 2.37 bits per heavy atom. The van der Waals surface area contributed by atoms with Gasteiger partial charge < -0.3 is 20.6 Å².